The van der Waals surface area contributed by atoms with Crippen LogP contribution in [0.1, 0.15) is 17.5 Å². The number of carbonyl (C=O) groups excluding carboxylic acids is 1. The SMILES string of the molecule is CNC(CSc1ccc2c(c1)CCC2)C(N)=O. The number of carbonyl (C=O) groups is 1. The van der Waals surface area contributed by atoms with Crippen LogP contribution in [0.15, 0.2) is 23.1 Å². The van der Waals surface area contributed by atoms with Gasteiger partial charge in [-0.05, 0) is 49.6 Å². The number of nitrogens with one attached hydrogen (secondary N) is 1. The fourth-order valence-electron chi connectivity index (χ4n) is 2.13. The van der Waals surface area contributed by atoms with Crippen molar-refractivity contribution >= 4 is 17.7 Å². The Labute approximate surface area is 106 Å². The lowest BCUT2D eigenvalue weighted by molar-refractivity contribution is -0.119. The summed E-state index contributed by atoms with van der Waals surface area (Å²) in [7, 11) is 1.76. The lowest BCUT2D eigenvalue weighted by atomic mass is 10.1. The van der Waals surface area contributed by atoms with Crippen LogP contribution >= 0.6 is 11.8 Å². The number of likely N-dealkylation sites (N-methyl/N-ethyl adjacent to an activating group) is 1. The first-order valence-corrected chi connectivity index (χ1v) is 6.90. The van der Waals surface area contributed by atoms with E-state index in [0.717, 1.165) is 0 Å². The van der Waals surface area contributed by atoms with E-state index in [2.05, 4.69) is 23.5 Å². The minimum Gasteiger partial charge on any atom is -0.368 e. The summed E-state index contributed by atoms with van der Waals surface area (Å²) in [4.78, 5) is 12.3. The van der Waals surface area contributed by atoms with Gasteiger partial charge in [0.25, 0.3) is 0 Å². The standard InChI is InChI=1S/C13H18N2OS/c1-15-12(13(14)16)8-17-11-6-5-9-3-2-4-10(9)7-11/h5-7,12,15H,2-4,8H2,1H3,(H2,14,16). The second-order valence-electron chi connectivity index (χ2n) is 4.34. The van der Waals surface area contributed by atoms with Crippen molar-refractivity contribution in [3.05, 3.63) is 29.3 Å². The van der Waals surface area contributed by atoms with Crippen molar-refractivity contribution in [1.82, 2.24) is 5.32 Å². The maximum Gasteiger partial charge on any atom is 0.235 e. The van der Waals surface area contributed by atoms with Crippen LogP contribution < -0.4 is 11.1 Å². The van der Waals surface area contributed by atoms with Crippen LogP contribution in [0.4, 0.5) is 0 Å². The predicted molar refractivity (Wildman–Crippen MR) is 71.2 cm³/mol. The van der Waals surface area contributed by atoms with Crippen LogP contribution in [-0.2, 0) is 17.6 Å². The molecule has 2 rings (SSSR count). The van der Waals surface area contributed by atoms with Crippen molar-refractivity contribution in [1.29, 1.82) is 0 Å². The molecular formula is C13H18N2OS. The van der Waals surface area contributed by atoms with Crippen LogP contribution in [0, 0.1) is 0 Å². The zero-order valence-corrected chi connectivity index (χ0v) is 10.8. The van der Waals surface area contributed by atoms with Gasteiger partial charge in [-0.1, -0.05) is 6.07 Å². The molecular weight excluding hydrogens is 232 g/mol. The lowest BCUT2D eigenvalue weighted by Crippen LogP contribution is -2.41. The molecule has 92 valence electrons. The van der Waals surface area contributed by atoms with Gasteiger partial charge in [0.05, 0.1) is 6.04 Å². The lowest BCUT2D eigenvalue weighted by Gasteiger charge is -2.12. The van der Waals surface area contributed by atoms with E-state index in [1.165, 1.54) is 35.3 Å². The van der Waals surface area contributed by atoms with E-state index in [4.69, 9.17) is 5.73 Å². The first-order chi connectivity index (χ1) is 8.20. The smallest absolute Gasteiger partial charge is 0.235 e. The van der Waals surface area contributed by atoms with Crippen molar-refractivity contribution < 1.29 is 4.79 Å². The molecule has 0 aromatic heterocycles. The number of thioether (sulfide) groups is 1. The number of primary amides is 1. The highest BCUT2D eigenvalue weighted by molar-refractivity contribution is 7.99. The molecule has 1 atom stereocenters. The Balaban J connectivity index is 1.97. The molecule has 0 radical (unpaired) electrons. The summed E-state index contributed by atoms with van der Waals surface area (Å²) in [6.45, 7) is 0. The van der Waals surface area contributed by atoms with Gasteiger partial charge in [-0.3, -0.25) is 4.79 Å². The number of hydrogen-bond acceptors (Lipinski definition) is 3. The maximum absolute atomic E-state index is 11.1. The first-order valence-electron chi connectivity index (χ1n) is 5.92. The molecule has 1 aromatic rings. The van der Waals surface area contributed by atoms with Crippen molar-refractivity contribution in [2.24, 2.45) is 5.73 Å². The molecule has 17 heavy (non-hydrogen) atoms. The zero-order chi connectivity index (χ0) is 12.3. The van der Waals surface area contributed by atoms with Gasteiger partial charge in [-0.2, -0.15) is 0 Å². The second-order valence-corrected chi connectivity index (χ2v) is 5.43. The fourth-order valence-corrected chi connectivity index (χ4v) is 3.21. The van der Waals surface area contributed by atoms with Gasteiger partial charge in [0.2, 0.25) is 5.91 Å². The molecule has 1 aliphatic rings. The normalized spacial score (nSPS) is 15.6. The topological polar surface area (TPSA) is 55.1 Å². The number of rotatable bonds is 5. The van der Waals surface area contributed by atoms with E-state index in [1.807, 2.05) is 0 Å². The Hall–Kier alpha value is -1.00. The van der Waals surface area contributed by atoms with Gasteiger partial charge in [0, 0.05) is 10.6 Å². The molecule has 3 N–H and O–H groups in total. The Morgan fingerprint density at radius 2 is 2.24 bits per heavy atom. The second kappa shape index (κ2) is 5.56. The number of nitrogens with two attached hydrogens (primary N) is 1. The summed E-state index contributed by atoms with van der Waals surface area (Å²) >= 11 is 1.68. The minimum absolute atomic E-state index is 0.256. The molecule has 0 saturated heterocycles. The zero-order valence-electron chi connectivity index (χ0n) is 10.0. The molecule has 0 heterocycles. The Morgan fingerprint density at radius 1 is 1.47 bits per heavy atom. The minimum atomic E-state index is -0.291. The van der Waals surface area contributed by atoms with Crippen LogP contribution in [0.3, 0.4) is 0 Å². The van der Waals surface area contributed by atoms with E-state index < -0.39 is 0 Å². The molecule has 4 heteroatoms. The molecule has 1 amide bonds. The molecule has 0 saturated carbocycles. The van der Waals surface area contributed by atoms with E-state index in [0.29, 0.717) is 5.75 Å². The van der Waals surface area contributed by atoms with Crippen molar-refractivity contribution in [3.8, 4) is 0 Å². The molecule has 0 bridgehead atoms. The summed E-state index contributed by atoms with van der Waals surface area (Å²) in [5.41, 5.74) is 8.24. The molecule has 0 aliphatic heterocycles. The van der Waals surface area contributed by atoms with Gasteiger partial charge < -0.3 is 11.1 Å². The van der Waals surface area contributed by atoms with E-state index in [-0.39, 0.29) is 11.9 Å². The summed E-state index contributed by atoms with van der Waals surface area (Å²) in [5.74, 6) is 0.395. The number of fused-ring (bicyclic) bond motifs is 1. The molecule has 0 fully saturated rings. The summed E-state index contributed by atoms with van der Waals surface area (Å²) < 4.78 is 0. The monoisotopic (exact) mass is 250 g/mol. The van der Waals surface area contributed by atoms with Crippen LogP contribution in [0.2, 0.25) is 0 Å². The highest BCUT2D eigenvalue weighted by Crippen LogP contribution is 2.27. The number of benzene rings is 1. The summed E-state index contributed by atoms with van der Waals surface area (Å²) in [5, 5.41) is 2.93. The van der Waals surface area contributed by atoms with Crippen LogP contribution in [-0.4, -0.2) is 24.7 Å². The number of amides is 1. The van der Waals surface area contributed by atoms with Crippen molar-refractivity contribution in [3.63, 3.8) is 0 Å². The van der Waals surface area contributed by atoms with Crippen molar-refractivity contribution in [2.75, 3.05) is 12.8 Å². The van der Waals surface area contributed by atoms with Crippen molar-refractivity contribution in [2.45, 2.75) is 30.2 Å². The van der Waals surface area contributed by atoms with Gasteiger partial charge in [0.1, 0.15) is 0 Å². The third kappa shape index (κ3) is 3.01. The third-order valence-electron chi connectivity index (χ3n) is 3.18. The highest BCUT2D eigenvalue weighted by atomic mass is 32.2. The van der Waals surface area contributed by atoms with Gasteiger partial charge in [-0.15, -0.1) is 11.8 Å². The van der Waals surface area contributed by atoms with E-state index in [9.17, 15) is 4.79 Å². The Kier molecular flexibility index (Phi) is 4.07. The largest absolute Gasteiger partial charge is 0.368 e. The first kappa shape index (κ1) is 12.5. The van der Waals surface area contributed by atoms with E-state index in [1.54, 1.807) is 18.8 Å². The van der Waals surface area contributed by atoms with Gasteiger partial charge >= 0.3 is 0 Å². The highest BCUT2D eigenvalue weighted by Gasteiger charge is 2.14. The number of aryl methyl sites for hydroxylation is 2. The molecule has 1 unspecified atom stereocenters. The molecule has 3 nitrogen and oxygen atoms in total. The maximum atomic E-state index is 11.1. The van der Waals surface area contributed by atoms with Crippen LogP contribution in [0.25, 0.3) is 0 Å². The average Bonchev–Trinajstić information content (AvgIpc) is 2.76. The summed E-state index contributed by atoms with van der Waals surface area (Å²) in [6.07, 6.45) is 3.67. The van der Waals surface area contributed by atoms with Gasteiger partial charge in [0.15, 0.2) is 0 Å². The number of hydrogen-bond donors (Lipinski definition) is 2. The van der Waals surface area contributed by atoms with Gasteiger partial charge in [-0.25, -0.2) is 0 Å². The fraction of sp³-hybridized carbons (Fsp3) is 0.462. The summed E-state index contributed by atoms with van der Waals surface area (Å²) in [6, 6.07) is 6.35. The van der Waals surface area contributed by atoms with E-state index >= 15 is 0 Å². The Morgan fingerprint density at radius 3 is 2.94 bits per heavy atom. The third-order valence-corrected chi connectivity index (χ3v) is 4.27. The molecule has 0 spiro atoms. The Bertz CT molecular complexity index is 420. The average molecular weight is 250 g/mol. The quantitative estimate of drug-likeness (QED) is 0.775. The molecule has 1 aliphatic carbocycles. The predicted octanol–water partition coefficient (Wildman–Crippen LogP) is 1.34. The van der Waals surface area contributed by atoms with Crippen LogP contribution in [0.5, 0.6) is 0 Å². The molecule has 1 aromatic carbocycles.